The molecule has 1 aliphatic heterocycles. The molecule has 2 heterocycles. The van der Waals surface area contributed by atoms with Crippen LogP contribution in [0.1, 0.15) is 16.8 Å². The predicted octanol–water partition coefficient (Wildman–Crippen LogP) is 0.985. The Balaban J connectivity index is 2.16. The molecule has 1 unspecified atom stereocenters. The van der Waals surface area contributed by atoms with Gasteiger partial charge in [-0.25, -0.2) is 4.98 Å². The van der Waals surface area contributed by atoms with Gasteiger partial charge < -0.3 is 5.32 Å². The minimum atomic E-state index is -0.847. The van der Waals surface area contributed by atoms with Gasteiger partial charge in [-0.2, -0.15) is 0 Å². The SMILES string of the molecule is CN1C(=O)CC(NC(=O)c2cc(Br)cnc2Cl)C1=O. The Morgan fingerprint density at radius 2 is 2.26 bits per heavy atom. The number of pyridine rings is 1. The zero-order valence-electron chi connectivity index (χ0n) is 9.81. The van der Waals surface area contributed by atoms with E-state index in [9.17, 15) is 14.4 Å². The number of carbonyl (C=O) groups excluding carboxylic acids is 3. The van der Waals surface area contributed by atoms with Crippen LogP contribution in [0.15, 0.2) is 16.7 Å². The topological polar surface area (TPSA) is 79.4 Å². The molecule has 8 heteroatoms. The Hall–Kier alpha value is -1.47. The second-order valence-corrected chi connectivity index (χ2v) is 5.29. The van der Waals surface area contributed by atoms with Gasteiger partial charge in [-0.1, -0.05) is 11.6 Å². The molecule has 1 aliphatic rings. The lowest BCUT2D eigenvalue weighted by Crippen LogP contribution is -2.40. The van der Waals surface area contributed by atoms with E-state index in [0.717, 1.165) is 4.90 Å². The number of imide groups is 1. The van der Waals surface area contributed by atoms with Gasteiger partial charge in [0.2, 0.25) is 5.91 Å². The second-order valence-electron chi connectivity index (χ2n) is 4.01. The summed E-state index contributed by atoms with van der Waals surface area (Å²) in [6, 6.07) is 0.648. The van der Waals surface area contributed by atoms with Gasteiger partial charge in [0.25, 0.3) is 11.8 Å². The number of carbonyl (C=O) groups is 3. The Labute approximate surface area is 122 Å². The van der Waals surface area contributed by atoms with E-state index in [1.807, 2.05) is 0 Å². The van der Waals surface area contributed by atoms with Crippen LogP contribution in [0.2, 0.25) is 5.15 Å². The smallest absolute Gasteiger partial charge is 0.255 e. The van der Waals surface area contributed by atoms with Crippen molar-refractivity contribution in [2.75, 3.05) is 7.05 Å². The van der Waals surface area contributed by atoms with E-state index in [1.165, 1.54) is 19.3 Å². The molecule has 0 spiro atoms. The molecule has 0 radical (unpaired) electrons. The summed E-state index contributed by atoms with van der Waals surface area (Å²) in [6.45, 7) is 0. The van der Waals surface area contributed by atoms with E-state index in [4.69, 9.17) is 11.6 Å². The van der Waals surface area contributed by atoms with Crippen LogP contribution in [-0.4, -0.2) is 40.7 Å². The number of likely N-dealkylation sites (tertiary alicyclic amines) is 1. The summed E-state index contributed by atoms with van der Waals surface area (Å²) in [4.78, 5) is 39.8. The molecule has 3 amide bonds. The summed E-state index contributed by atoms with van der Waals surface area (Å²) in [7, 11) is 1.38. The third kappa shape index (κ3) is 2.76. The molecule has 6 nitrogen and oxygen atoms in total. The summed E-state index contributed by atoms with van der Waals surface area (Å²) in [5, 5.41) is 2.51. The van der Waals surface area contributed by atoms with Crippen LogP contribution >= 0.6 is 27.5 Å². The van der Waals surface area contributed by atoms with Crippen molar-refractivity contribution in [1.29, 1.82) is 0 Å². The maximum absolute atomic E-state index is 12.0. The van der Waals surface area contributed by atoms with Crippen LogP contribution in [0.5, 0.6) is 0 Å². The highest BCUT2D eigenvalue weighted by Gasteiger charge is 2.37. The minimum Gasteiger partial charge on any atom is -0.340 e. The Kier molecular flexibility index (Phi) is 3.86. The lowest BCUT2D eigenvalue weighted by atomic mass is 10.2. The fraction of sp³-hybridized carbons (Fsp3) is 0.273. The van der Waals surface area contributed by atoms with Crippen molar-refractivity contribution in [1.82, 2.24) is 15.2 Å². The van der Waals surface area contributed by atoms with Gasteiger partial charge in [0, 0.05) is 17.7 Å². The third-order valence-corrected chi connectivity index (χ3v) is 3.47. The predicted molar refractivity (Wildman–Crippen MR) is 70.6 cm³/mol. The molecule has 19 heavy (non-hydrogen) atoms. The van der Waals surface area contributed by atoms with Gasteiger partial charge in [-0.05, 0) is 22.0 Å². The molecule has 1 aromatic heterocycles. The third-order valence-electron chi connectivity index (χ3n) is 2.74. The first-order valence-electron chi connectivity index (χ1n) is 5.32. The van der Waals surface area contributed by atoms with Crippen molar-refractivity contribution in [3.05, 3.63) is 27.5 Å². The van der Waals surface area contributed by atoms with Crippen molar-refractivity contribution in [3.63, 3.8) is 0 Å². The zero-order valence-corrected chi connectivity index (χ0v) is 12.2. The summed E-state index contributed by atoms with van der Waals surface area (Å²) in [5.41, 5.74) is 0.144. The minimum absolute atomic E-state index is 0.0332. The molecule has 2 rings (SSSR count). The molecular formula is C11H9BrClN3O3. The first-order chi connectivity index (χ1) is 8.90. The molecular weight excluding hydrogens is 337 g/mol. The molecule has 0 bridgehead atoms. The number of rotatable bonds is 2. The number of aromatic nitrogens is 1. The van der Waals surface area contributed by atoms with E-state index < -0.39 is 17.9 Å². The number of hydrogen-bond donors (Lipinski definition) is 1. The zero-order chi connectivity index (χ0) is 14.2. The molecule has 1 fully saturated rings. The Morgan fingerprint density at radius 3 is 2.84 bits per heavy atom. The van der Waals surface area contributed by atoms with Crippen molar-refractivity contribution < 1.29 is 14.4 Å². The molecule has 100 valence electrons. The summed E-state index contributed by atoms with van der Waals surface area (Å²) >= 11 is 8.99. The fourth-order valence-electron chi connectivity index (χ4n) is 1.69. The normalized spacial score (nSPS) is 18.9. The van der Waals surface area contributed by atoms with Crippen LogP contribution in [0.3, 0.4) is 0 Å². The average Bonchev–Trinajstić information content (AvgIpc) is 2.60. The monoisotopic (exact) mass is 345 g/mol. The van der Waals surface area contributed by atoms with E-state index >= 15 is 0 Å². The highest BCUT2D eigenvalue weighted by atomic mass is 79.9. The van der Waals surface area contributed by atoms with Gasteiger partial charge in [0.15, 0.2) is 0 Å². The van der Waals surface area contributed by atoms with Gasteiger partial charge in [-0.3, -0.25) is 19.3 Å². The van der Waals surface area contributed by atoms with Gasteiger partial charge in [0.1, 0.15) is 11.2 Å². The summed E-state index contributed by atoms with van der Waals surface area (Å²) < 4.78 is 0.591. The number of nitrogens with one attached hydrogen (secondary N) is 1. The largest absolute Gasteiger partial charge is 0.340 e. The Bertz CT molecular complexity index is 578. The van der Waals surface area contributed by atoms with Crippen LogP contribution in [0, 0.1) is 0 Å². The van der Waals surface area contributed by atoms with Crippen LogP contribution in [0.4, 0.5) is 0 Å². The van der Waals surface area contributed by atoms with Crippen molar-refractivity contribution in [3.8, 4) is 0 Å². The summed E-state index contributed by atoms with van der Waals surface area (Å²) in [5.74, 6) is -1.30. The number of halogens is 2. The quantitative estimate of drug-likeness (QED) is 0.640. The van der Waals surface area contributed by atoms with Gasteiger partial charge in [-0.15, -0.1) is 0 Å². The van der Waals surface area contributed by atoms with Crippen molar-refractivity contribution >= 4 is 45.3 Å². The molecule has 0 aliphatic carbocycles. The highest BCUT2D eigenvalue weighted by molar-refractivity contribution is 9.10. The van der Waals surface area contributed by atoms with E-state index in [1.54, 1.807) is 0 Å². The first kappa shape index (κ1) is 14.0. The van der Waals surface area contributed by atoms with Gasteiger partial charge >= 0.3 is 0 Å². The number of hydrogen-bond acceptors (Lipinski definition) is 4. The lowest BCUT2D eigenvalue weighted by Gasteiger charge is -2.11. The molecule has 1 aromatic rings. The fourth-order valence-corrected chi connectivity index (χ4v) is 2.21. The number of amides is 3. The maximum Gasteiger partial charge on any atom is 0.255 e. The molecule has 1 atom stereocenters. The van der Waals surface area contributed by atoms with E-state index in [-0.39, 0.29) is 23.0 Å². The molecule has 1 N–H and O–H groups in total. The second kappa shape index (κ2) is 5.26. The van der Waals surface area contributed by atoms with Crippen LogP contribution in [0.25, 0.3) is 0 Å². The Morgan fingerprint density at radius 1 is 1.58 bits per heavy atom. The maximum atomic E-state index is 12.0. The number of nitrogens with zero attached hydrogens (tertiary/aromatic N) is 2. The molecule has 0 aromatic carbocycles. The van der Waals surface area contributed by atoms with E-state index in [0.29, 0.717) is 4.47 Å². The van der Waals surface area contributed by atoms with Crippen molar-refractivity contribution in [2.24, 2.45) is 0 Å². The first-order valence-corrected chi connectivity index (χ1v) is 6.49. The van der Waals surface area contributed by atoms with E-state index in [2.05, 4.69) is 26.2 Å². The lowest BCUT2D eigenvalue weighted by molar-refractivity contribution is -0.137. The van der Waals surface area contributed by atoms with Crippen LogP contribution in [-0.2, 0) is 9.59 Å². The van der Waals surface area contributed by atoms with Crippen molar-refractivity contribution in [2.45, 2.75) is 12.5 Å². The molecule has 1 saturated heterocycles. The summed E-state index contributed by atoms with van der Waals surface area (Å²) in [6.07, 6.45) is 1.41. The van der Waals surface area contributed by atoms with Gasteiger partial charge in [0.05, 0.1) is 12.0 Å². The average molecular weight is 347 g/mol. The standard InChI is InChI=1S/C11H9BrClN3O3/c1-16-8(17)3-7(11(16)19)15-10(18)6-2-5(12)4-14-9(6)13/h2,4,7H,3H2,1H3,(H,15,18). The highest BCUT2D eigenvalue weighted by Crippen LogP contribution is 2.19. The number of likely N-dealkylation sites (N-methyl/N-ethyl adjacent to an activating group) is 1. The van der Waals surface area contributed by atoms with Crippen LogP contribution < -0.4 is 5.32 Å². The molecule has 0 saturated carbocycles.